The molecular weight excluding hydrogens is 282 g/mol. The number of hydrogen-bond acceptors (Lipinski definition) is 4. The summed E-state index contributed by atoms with van der Waals surface area (Å²) in [6.07, 6.45) is 5.48. The van der Waals surface area contributed by atoms with E-state index < -0.39 is 10.0 Å². The summed E-state index contributed by atoms with van der Waals surface area (Å²) in [4.78, 5) is 3.81. The van der Waals surface area contributed by atoms with Crippen molar-refractivity contribution in [2.75, 3.05) is 12.8 Å². The quantitative estimate of drug-likeness (QED) is 0.888. The Hall–Kier alpha value is -0.240. The molecule has 1 aliphatic rings. The van der Waals surface area contributed by atoms with Crippen molar-refractivity contribution in [2.24, 2.45) is 7.05 Å². The summed E-state index contributed by atoms with van der Waals surface area (Å²) in [5.41, 5.74) is 0. The Morgan fingerprint density at radius 2 is 2.29 bits per heavy atom. The van der Waals surface area contributed by atoms with Crippen molar-refractivity contribution in [1.29, 1.82) is 0 Å². The van der Waals surface area contributed by atoms with E-state index in [0.29, 0.717) is 6.54 Å². The number of sulfonamides is 1. The number of rotatable bonds is 5. The maximum Gasteiger partial charge on any atom is 0.261 e. The summed E-state index contributed by atoms with van der Waals surface area (Å²) in [7, 11) is -1.95. The van der Waals surface area contributed by atoms with Crippen LogP contribution in [0.3, 0.4) is 0 Å². The van der Waals surface area contributed by atoms with Gasteiger partial charge in [-0.05, 0) is 19.1 Å². The van der Waals surface area contributed by atoms with Crippen LogP contribution in [-0.2, 0) is 17.1 Å². The monoisotopic (exact) mass is 295 g/mol. The second kappa shape index (κ2) is 4.46. The van der Waals surface area contributed by atoms with Crippen LogP contribution >= 0.6 is 23.4 Å². The van der Waals surface area contributed by atoms with E-state index in [4.69, 9.17) is 11.6 Å². The van der Waals surface area contributed by atoms with Gasteiger partial charge in [-0.2, -0.15) is 11.8 Å². The van der Waals surface area contributed by atoms with Gasteiger partial charge in [0, 0.05) is 18.3 Å². The number of thioether (sulfide) groups is 1. The van der Waals surface area contributed by atoms with E-state index in [2.05, 4.69) is 9.71 Å². The SMILES string of the molecule is CSC1(CNS(=O)(=O)c2ncn(C)c2Cl)CC1. The predicted molar refractivity (Wildman–Crippen MR) is 68.9 cm³/mol. The van der Waals surface area contributed by atoms with Gasteiger partial charge in [0.2, 0.25) is 5.03 Å². The molecule has 0 radical (unpaired) electrons. The standard InChI is InChI=1S/C9H14ClN3O2S2/c1-13-6-11-8(7(13)10)17(14,15)12-5-9(16-2)3-4-9/h6,12H,3-5H2,1-2H3. The van der Waals surface area contributed by atoms with E-state index in [0.717, 1.165) is 12.8 Å². The van der Waals surface area contributed by atoms with Crippen LogP contribution in [0.15, 0.2) is 11.4 Å². The Bertz CT molecular complexity index is 522. The zero-order valence-corrected chi connectivity index (χ0v) is 12.0. The van der Waals surface area contributed by atoms with Gasteiger partial charge in [-0.1, -0.05) is 11.6 Å². The zero-order chi connectivity index (χ0) is 12.7. The second-order valence-corrected chi connectivity index (χ2v) is 7.48. The Labute approximate surface area is 110 Å². The molecule has 1 heterocycles. The van der Waals surface area contributed by atoms with Crippen molar-refractivity contribution < 1.29 is 8.42 Å². The second-order valence-electron chi connectivity index (χ2n) is 4.16. The van der Waals surface area contributed by atoms with E-state index in [1.807, 2.05) is 6.26 Å². The fourth-order valence-corrected chi connectivity index (χ4v) is 3.83. The van der Waals surface area contributed by atoms with E-state index in [9.17, 15) is 8.42 Å². The Morgan fingerprint density at radius 3 is 2.71 bits per heavy atom. The summed E-state index contributed by atoms with van der Waals surface area (Å²) >= 11 is 7.57. The molecule has 0 aromatic carbocycles. The highest BCUT2D eigenvalue weighted by molar-refractivity contribution is 8.00. The first-order chi connectivity index (χ1) is 7.90. The molecule has 1 fully saturated rings. The molecule has 0 atom stereocenters. The molecule has 0 amide bonds. The smallest absolute Gasteiger partial charge is 0.261 e. The molecule has 1 aliphatic carbocycles. The maximum atomic E-state index is 12.0. The molecule has 1 aromatic heterocycles. The number of aromatic nitrogens is 2. The predicted octanol–water partition coefficient (Wildman–Crippen LogP) is 1.25. The van der Waals surface area contributed by atoms with Gasteiger partial charge in [0.1, 0.15) is 5.15 Å². The van der Waals surface area contributed by atoms with Crippen LogP contribution in [0, 0.1) is 0 Å². The highest BCUT2D eigenvalue weighted by Gasteiger charge is 2.42. The van der Waals surface area contributed by atoms with Gasteiger partial charge in [-0.3, -0.25) is 0 Å². The Balaban J connectivity index is 2.12. The number of nitrogens with one attached hydrogen (secondary N) is 1. The van der Waals surface area contributed by atoms with Gasteiger partial charge in [0.15, 0.2) is 0 Å². The average Bonchev–Trinajstić information content (AvgIpc) is 2.99. The summed E-state index contributed by atoms with van der Waals surface area (Å²) in [5, 5.41) is 0.0325. The van der Waals surface area contributed by atoms with Crippen molar-refractivity contribution in [3.8, 4) is 0 Å². The fourth-order valence-electron chi connectivity index (χ4n) is 1.46. The number of aryl methyl sites for hydroxylation is 1. The first kappa shape index (κ1) is 13.2. The third-order valence-corrected chi connectivity index (χ3v) is 6.22. The molecule has 8 heteroatoms. The highest BCUT2D eigenvalue weighted by Crippen LogP contribution is 2.46. The normalized spacial score (nSPS) is 18.3. The van der Waals surface area contributed by atoms with Crippen molar-refractivity contribution >= 4 is 33.4 Å². The van der Waals surface area contributed by atoms with E-state index in [1.165, 1.54) is 10.9 Å². The fraction of sp³-hybridized carbons (Fsp3) is 0.667. The van der Waals surface area contributed by atoms with Crippen LogP contribution in [0.1, 0.15) is 12.8 Å². The van der Waals surface area contributed by atoms with Gasteiger partial charge in [-0.25, -0.2) is 18.1 Å². The molecule has 0 spiro atoms. The Kier molecular flexibility index (Phi) is 3.46. The largest absolute Gasteiger partial charge is 0.324 e. The minimum absolute atomic E-state index is 0.0777. The van der Waals surface area contributed by atoms with Gasteiger partial charge >= 0.3 is 0 Å². The van der Waals surface area contributed by atoms with Crippen LogP contribution in [0.25, 0.3) is 0 Å². The molecule has 2 rings (SSSR count). The van der Waals surface area contributed by atoms with E-state index in [1.54, 1.807) is 18.8 Å². The first-order valence-electron chi connectivity index (χ1n) is 5.12. The summed E-state index contributed by atoms with van der Waals surface area (Å²) < 4.78 is 28.1. The summed E-state index contributed by atoms with van der Waals surface area (Å²) in [6.45, 7) is 0.434. The minimum Gasteiger partial charge on any atom is -0.324 e. The molecule has 1 aromatic rings. The molecule has 0 saturated heterocycles. The summed E-state index contributed by atoms with van der Waals surface area (Å²) in [6, 6.07) is 0. The molecule has 5 nitrogen and oxygen atoms in total. The molecular formula is C9H14ClN3O2S2. The number of halogens is 1. The molecule has 1 N–H and O–H groups in total. The highest BCUT2D eigenvalue weighted by atomic mass is 35.5. The lowest BCUT2D eigenvalue weighted by Gasteiger charge is -2.12. The Morgan fingerprint density at radius 1 is 1.65 bits per heavy atom. The van der Waals surface area contributed by atoms with Crippen molar-refractivity contribution in [3.05, 3.63) is 11.5 Å². The number of nitrogens with zero attached hydrogens (tertiary/aromatic N) is 2. The van der Waals surface area contributed by atoms with Crippen LogP contribution in [0.2, 0.25) is 5.15 Å². The number of hydrogen-bond donors (Lipinski definition) is 1. The third-order valence-electron chi connectivity index (χ3n) is 2.91. The molecule has 0 bridgehead atoms. The lowest BCUT2D eigenvalue weighted by Crippen LogP contribution is -2.32. The van der Waals surface area contributed by atoms with E-state index >= 15 is 0 Å². The number of imidazole rings is 1. The molecule has 96 valence electrons. The molecule has 0 unspecified atom stereocenters. The third kappa shape index (κ3) is 2.62. The topological polar surface area (TPSA) is 64.0 Å². The van der Waals surface area contributed by atoms with Gasteiger partial charge in [0.05, 0.1) is 6.33 Å². The van der Waals surface area contributed by atoms with Crippen molar-refractivity contribution in [3.63, 3.8) is 0 Å². The van der Waals surface area contributed by atoms with Crippen molar-refractivity contribution in [1.82, 2.24) is 14.3 Å². The van der Waals surface area contributed by atoms with Crippen molar-refractivity contribution in [2.45, 2.75) is 22.6 Å². The molecule has 0 aliphatic heterocycles. The lowest BCUT2D eigenvalue weighted by molar-refractivity contribution is 0.576. The maximum absolute atomic E-state index is 12.0. The minimum atomic E-state index is -3.60. The van der Waals surface area contributed by atoms with Gasteiger partial charge in [0.25, 0.3) is 10.0 Å². The first-order valence-corrected chi connectivity index (χ1v) is 8.20. The summed E-state index contributed by atoms with van der Waals surface area (Å²) in [5.74, 6) is 0. The van der Waals surface area contributed by atoms with Gasteiger partial charge < -0.3 is 4.57 Å². The van der Waals surface area contributed by atoms with Crippen LogP contribution in [0.4, 0.5) is 0 Å². The zero-order valence-electron chi connectivity index (χ0n) is 9.60. The molecule has 17 heavy (non-hydrogen) atoms. The molecule has 1 saturated carbocycles. The van der Waals surface area contributed by atoms with E-state index in [-0.39, 0.29) is 14.9 Å². The van der Waals surface area contributed by atoms with Gasteiger partial charge in [-0.15, -0.1) is 0 Å². The van der Waals surface area contributed by atoms with Crippen LogP contribution in [0.5, 0.6) is 0 Å². The lowest BCUT2D eigenvalue weighted by atomic mass is 10.4. The van der Waals surface area contributed by atoms with Crippen LogP contribution in [-0.4, -0.2) is 35.5 Å². The van der Waals surface area contributed by atoms with Crippen LogP contribution < -0.4 is 4.72 Å². The average molecular weight is 296 g/mol.